The fourth-order valence-corrected chi connectivity index (χ4v) is 2.37. The highest BCUT2D eigenvalue weighted by atomic mass is 16.6. The van der Waals surface area contributed by atoms with E-state index in [1.807, 2.05) is 0 Å². The first-order valence-electron chi connectivity index (χ1n) is 7.85. The van der Waals surface area contributed by atoms with E-state index in [-0.39, 0.29) is 6.61 Å². The molecule has 0 radical (unpaired) electrons. The minimum atomic E-state index is -1.95. The zero-order valence-corrected chi connectivity index (χ0v) is 14.3. The first-order chi connectivity index (χ1) is 12.7. The third kappa shape index (κ3) is 4.55. The number of nitrogens with one attached hydrogen (secondary N) is 1. The lowest BCUT2D eigenvalue weighted by Gasteiger charge is -2.27. The molecule has 144 valence electrons. The van der Waals surface area contributed by atoms with Gasteiger partial charge in [0.25, 0.3) is 0 Å². The van der Waals surface area contributed by atoms with Crippen molar-refractivity contribution < 1.29 is 34.4 Å². The molecule has 0 bridgehead atoms. The van der Waals surface area contributed by atoms with Crippen molar-refractivity contribution in [2.75, 3.05) is 0 Å². The molecule has 10 nitrogen and oxygen atoms in total. The fourth-order valence-electron chi connectivity index (χ4n) is 2.37. The average Bonchev–Trinajstić information content (AvgIpc) is 2.95. The Balaban J connectivity index is 2.36. The number of hydrogen-bond donors (Lipinski definition) is 5. The summed E-state index contributed by atoms with van der Waals surface area (Å²) in [5, 5.41) is 28.8. The molecule has 6 N–H and O–H groups in total. The van der Waals surface area contributed by atoms with Crippen LogP contribution < -0.4 is 5.73 Å². The number of aromatic hydroxyl groups is 2. The van der Waals surface area contributed by atoms with E-state index in [2.05, 4.69) is 4.98 Å². The number of benzene rings is 1. The minimum absolute atomic E-state index is 0.209. The number of carboxylic acids is 1. The topological polar surface area (TPSA) is 166 Å². The second-order valence-corrected chi connectivity index (χ2v) is 5.74. The van der Waals surface area contributed by atoms with Crippen LogP contribution in [0.25, 0.3) is 0 Å². The first-order valence-corrected chi connectivity index (χ1v) is 7.85. The highest BCUT2D eigenvalue weighted by Crippen LogP contribution is 2.33. The van der Waals surface area contributed by atoms with Crippen LogP contribution in [0.5, 0.6) is 11.8 Å². The number of H-pyrrole nitrogens is 1. The lowest BCUT2D eigenvalue weighted by atomic mass is 10.1. The zero-order valence-electron chi connectivity index (χ0n) is 14.3. The van der Waals surface area contributed by atoms with Crippen LogP contribution in [0.2, 0.25) is 0 Å². The summed E-state index contributed by atoms with van der Waals surface area (Å²) in [6, 6.07) is 6.27. The summed E-state index contributed by atoms with van der Waals surface area (Å²) >= 11 is 0. The highest BCUT2D eigenvalue weighted by molar-refractivity contribution is 5.99. The standard InChI is InChI=1S/C17H19N3O7/c1-9(18)15(23)20(17(26)27-8-10-5-3-2-4-6-10)13(16(24)25)11-7-12(21)19-14(11)22/h2-7,9,13,19,21-22H,8,18H2,1H3,(H,24,25)/t9-,13?/m1/s1. The number of aromatic amines is 1. The van der Waals surface area contributed by atoms with Crippen LogP contribution in [-0.2, 0) is 20.9 Å². The Kier molecular flexibility index (Phi) is 6.03. The number of aliphatic carboxylic acids is 1. The summed E-state index contributed by atoms with van der Waals surface area (Å²) in [5.74, 6) is -3.91. The van der Waals surface area contributed by atoms with Crippen molar-refractivity contribution in [3.63, 3.8) is 0 Å². The van der Waals surface area contributed by atoms with Crippen molar-refractivity contribution in [1.82, 2.24) is 9.88 Å². The highest BCUT2D eigenvalue weighted by Gasteiger charge is 2.40. The van der Waals surface area contributed by atoms with Gasteiger partial charge in [-0.25, -0.2) is 14.5 Å². The van der Waals surface area contributed by atoms with E-state index in [9.17, 15) is 29.7 Å². The second-order valence-electron chi connectivity index (χ2n) is 5.74. The van der Waals surface area contributed by atoms with Crippen molar-refractivity contribution in [1.29, 1.82) is 0 Å². The molecule has 1 unspecified atom stereocenters. The number of nitrogens with two attached hydrogens (primary N) is 1. The number of aromatic nitrogens is 1. The van der Waals surface area contributed by atoms with Gasteiger partial charge in [0.1, 0.15) is 6.61 Å². The molecule has 0 saturated heterocycles. The van der Waals surface area contributed by atoms with Gasteiger partial charge in [0.2, 0.25) is 5.91 Å². The molecule has 2 atom stereocenters. The minimum Gasteiger partial charge on any atom is -0.495 e. The molecule has 0 aliphatic rings. The number of hydrogen-bond acceptors (Lipinski definition) is 7. The van der Waals surface area contributed by atoms with Crippen LogP contribution in [-0.4, -0.2) is 49.2 Å². The van der Waals surface area contributed by atoms with Crippen LogP contribution in [0, 0.1) is 0 Å². The smallest absolute Gasteiger partial charge is 0.418 e. The first kappa shape index (κ1) is 19.8. The van der Waals surface area contributed by atoms with Gasteiger partial charge in [0, 0.05) is 6.07 Å². The van der Waals surface area contributed by atoms with Crippen LogP contribution in [0.4, 0.5) is 4.79 Å². The molecule has 0 aliphatic heterocycles. The SMILES string of the molecule is C[C@@H](N)C(=O)N(C(=O)OCc1ccccc1)C(C(=O)O)c1cc(O)[nH]c1O. The van der Waals surface area contributed by atoms with Crippen LogP contribution in [0.3, 0.4) is 0 Å². The predicted molar refractivity (Wildman–Crippen MR) is 91.6 cm³/mol. The predicted octanol–water partition coefficient (Wildman–Crippen LogP) is 1.06. The normalized spacial score (nSPS) is 12.8. The van der Waals surface area contributed by atoms with E-state index in [0.717, 1.165) is 6.07 Å². The molecule has 2 amide bonds. The fraction of sp³-hybridized carbons (Fsp3) is 0.235. The molecule has 2 rings (SSSR count). The van der Waals surface area contributed by atoms with E-state index in [0.29, 0.717) is 10.5 Å². The third-order valence-corrected chi connectivity index (χ3v) is 3.63. The molecular formula is C17H19N3O7. The van der Waals surface area contributed by atoms with Gasteiger partial charge in [-0.3, -0.25) is 9.78 Å². The number of carboxylic acid groups (broad SMARTS) is 1. The van der Waals surface area contributed by atoms with Crippen molar-refractivity contribution in [2.24, 2.45) is 5.73 Å². The Bertz CT molecular complexity index is 832. The third-order valence-electron chi connectivity index (χ3n) is 3.63. The molecule has 1 aromatic carbocycles. The molecule has 27 heavy (non-hydrogen) atoms. The van der Waals surface area contributed by atoms with E-state index in [4.69, 9.17) is 10.5 Å². The molecule has 0 fully saturated rings. The van der Waals surface area contributed by atoms with Crippen LogP contribution >= 0.6 is 0 Å². The van der Waals surface area contributed by atoms with Crippen molar-refractivity contribution in [2.45, 2.75) is 25.6 Å². The maximum absolute atomic E-state index is 12.5. The Labute approximate surface area is 153 Å². The van der Waals surface area contributed by atoms with Gasteiger partial charge < -0.3 is 25.8 Å². The quantitative estimate of drug-likeness (QED) is 0.498. The summed E-state index contributed by atoms with van der Waals surface area (Å²) in [5.41, 5.74) is 5.75. The van der Waals surface area contributed by atoms with Gasteiger partial charge in [-0.05, 0) is 12.5 Å². The van der Waals surface area contributed by atoms with E-state index < -0.39 is 47.4 Å². The Morgan fingerprint density at radius 3 is 2.33 bits per heavy atom. The van der Waals surface area contributed by atoms with Crippen molar-refractivity contribution >= 4 is 18.0 Å². The van der Waals surface area contributed by atoms with E-state index in [1.165, 1.54) is 6.92 Å². The molecule has 1 aromatic heterocycles. The maximum Gasteiger partial charge on any atom is 0.418 e. The molecule has 0 aliphatic carbocycles. The van der Waals surface area contributed by atoms with Crippen LogP contribution in [0.1, 0.15) is 24.1 Å². The zero-order chi connectivity index (χ0) is 20.1. The molecular weight excluding hydrogens is 358 g/mol. The monoisotopic (exact) mass is 377 g/mol. The average molecular weight is 377 g/mol. The molecule has 1 heterocycles. The van der Waals surface area contributed by atoms with Gasteiger partial charge in [0.15, 0.2) is 17.8 Å². The number of amides is 2. The molecule has 0 saturated carbocycles. The number of carbonyl (C=O) groups is 3. The Morgan fingerprint density at radius 2 is 1.85 bits per heavy atom. The number of imide groups is 1. The van der Waals surface area contributed by atoms with Crippen molar-refractivity contribution in [3.05, 3.63) is 47.5 Å². The van der Waals surface area contributed by atoms with Crippen molar-refractivity contribution in [3.8, 4) is 11.8 Å². The van der Waals surface area contributed by atoms with Gasteiger partial charge in [-0.15, -0.1) is 0 Å². The lowest BCUT2D eigenvalue weighted by molar-refractivity contribution is -0.149. The maximum atomic E-state index is 12.5. The summed E-state index contributed by atoms with van der Waals surface area (Å²) in [4.78, 5) is 39.1. The van der Waals surface area contributed by atoms with Gasteiger partial charge in [0.05, 0.1) is 11.6 Å². The van der Waals surface area contributed by atoms with Gasteiger partial charge in [-0.1, -0.05) is 30.3 Å². The summed E-state index contributed by atoms with van der Waals surface area (Å²) in [6.45, 7) is 1.06. The molecule has 10 heteroatoms. The largest absolute Gasteiger partial charge is 0.495 e. The van der Waals surface area contributed by atoms with Crippen LogP contribution in [0.15, 0.2) is 36.4 Å². The van der Waals surface area contributed by atoms with E-state index >= 15 is 0 Å². The number of ether oxygens (including phenoxy) is 1. The Morgan fingerprint density at radius 1 is 1.22 bits per heavy atom. The molecule has 0 spiro atoms. The lowest BCUT2D eigenvalue weighted by Crippen LogP contribution is -2.49. The summed E-state index contributed by atoms with van der Waals surface area (Å²) < 4.78 is 5.05. The number of rotatable bonds is 6. The summed E-state index contributed by atoms with van der Waals surface area (Å²) in [6.07, 6.45) is -1.26. The van der Waals surface area contributed by atoms with Gasteiger partial charge >= 0.3 is 12.1 Å². The molecule has 2 aromatic rings. The number of nitrogens with zero attached hydrogens (tertiary/aromatic N) is 1. The van der Waals surface area contributed by atoms with Gasteiger partial charge in [-0.2, -0.15) is 0 Å². The second kappa shape index (κ2) is 8.23. The Hall–Kier alpha value is -3.53. The number of carbonyl (C=O) groups excluding carboxylic acids is 2. The van der Waals surface area contributed by atoms with E-state index in [1.54, 1.807) is 30.3 Å². The summed E-state index contributed by atoms with van der Waals surface area (Å²) in [7, 11) is 0.